The molecule has 0 aliphatic carbocycles. The summed E-state index contributed by atoms with van der Waals surface area (Å²) in [7, 11) is 0. The van der Waals surface area contributed by atoms with Gasteiger partial charge in [-0.05, 0) is 60.2 Å². The quantitative estimate of drug-likeness (QED) is 0.413. The average molecular weight is 470 g/mol. The highest BCUT2D eigenvalue weighted by atomic mass is 79.9. The fourth-order valence-electron chi connectivity index (χ4n) is 3.17. The third-order valence-corrected chi connectivity index (χ3v) is 5.81. The van der Waals surface area contributed by atoms with E-state index in [0.717, 1.165) is 28.6 Å². The van der Waals surface area contributed by atoms with Gasteiger partial charge in [0.15, 0.2) is 6.73 Å². The van der Waals surface area contributed by atoms with E-state index in [4.69, 9.17) is 4.74 Å². The maximum Gasteiger partial charge on any atom is 0.272 e. The zero-order chi connectivity index (χ0) is 21.5. The SMILES string of the molecule is CCC(C)c1ccc(C(CC)NC(=O)c2ccn(COc3ccc(Br)cc3)n2)cc1. The molecule has 30 heavy (non-hydrogen) atoms. The van der Waals surface area contributed by atoms with E-state index in [-0.39, 0.29) is 18.7 Å². The van der Waals surface area contributed by atoms with Crippen LogP contribution in [0.25, 0.3) is 0 Å². The van der Waals surface area contributed by atoms with Crippen molar-refractivity contribution in [1.29, 1.82) is 0 Å². The van der Waals surface area contributed by atoms with Crippen LogP contribution in [0.1, 0.15) is 67.2 Å². The van der Waals surface area contributed by atoms with Gasteiger partial charge >= 0.3 is 0 Å². The summed E-state index contributed by atoms with van der Waals surface area (Å²) in [6.45, 7) is 6.73. The van der Waals surface area contributed by atoms with Crippen molar-refractivity contribution in [1.82, 2.24) is 15.1 Å². The molecule has 0 saturated carbocycles. The van der Waals surface area contributed by atoms with Crippen molar-refractivity contribution in [2.45, 2.75) is 52.3 Å². The number of halogens is 1. The van der Waals surface area contributed by atoms with E-state index in [1.54, 1.807) is 16.9 Å². The lowest BCUT2D eigenvalue weighted by molar-refractivity contribution is 0.0928. The number of ether oxygens (including phenoxy) is 1. The third kappa shape index (κ3) is 5.72. The molecule has 158 valence electrons. The number of rotatable bonds is 9. The molecule has 3 aromatic rings. The Morgan fingerprint density at radius 2 is 1.70 bits per heavy atom. The molecular weight excluding hydrogens is 442 g/mol. The van der Waals surface area contributed by atoms with Crippen molar-refractivity contribution in [3.63, 3.8) is 0 Å². The molecule has 1 amide bonds. The Hall–Kier alpha value is -2.60. The Balaban J connectivity index is 1.59. The Kier molecular flexibility index (Phi) is 7.69. The number of amides is 1. The largest absolute Gasteiger partial charge is 0.471 e. The normalized spacial score (nSPS) is 12.9. The molecule has 1 aromatic heterocycles. The summed E-state index contributed by atoms with van der Waals surface area (Å²) in [5.74, 6) is 1.10. The van der Waals surface area contributed by atoms with Gasteiger partial charge in [0.1, 0.15) is 11.4 Å². The predicted molar refractivity (Wildman–Crippen MR) is 123 cm³/mol. The topological polar surface area (TPSA) is 56.2 Å². The van der Waals surface area contributed by atoms with Gasteiger partial charge < -0.3 is 10.1 Å². The van der Waals surface area contributed by atoms with Gasteiger partial charge in [-0.1, -0.05) is 61.0 Å². The van der Waals surface area contributed by atoms with Crippen molar-refractivity contribution in [2.24, 2.45) is 0 Å². The fraction of sp³-hybridized carbons (Fsp3) is 0.333. The van der Waals surface area contributed by atoms with Crippen LogP contribution in [0.15, 0.2) is 65.3 Å². The van der Waals surface area contributed by atoms with E-state index in [9.17, 15) is 4.79 Å². The standard InChI is InChI=1S/C24H28BrN3O2/c1-4-17(3)18-6-8-19(9-7-18)22(5-2)26-24(29)23-14-15-28(27-23)16-30-21-12-10-20(25)11-13-21/h6-15,17,22H,4-5,16H2,1-3H3,(H,26,29). The van der Waals surface area contributed by atoms with Crippen LogP contribution in [0.2, 0.25) is 0 Å². The molecule has 0 spiro atoms. The number of benzene rings is 2. The number of nitrogens with one attached hydrogen (secondary N) is 1. The first-order valence-electron chi connectivity index (χ1n) is 10.3. The van der Waals surface area contributed by atoms with Crippen molar-refractivity contribution >= 4 is 21.8 Å². The van der Waals surface area contributed by atoms with Crippen LogP contribution in [0.5, 0.6) is 5.75 Å². The number of hydrogen-bond acceptors (Lipinski definition) is 3. The Labute approximate surface area is 186 Å². The zero-order valence-corrected chi connectivity index (χ0v) is 19.2. The molecule has 0 aliphatic heterocycles. The van der Waals surface area contributed by atoms with Gasteiger partial charge in [-0.25, -0.2) is 4.68 Å². The molecule has 0 fully saturated rings. The van der Waals surface area contributed by atoms with Gasteiger partial charge in [0.25, 0.3) is 5.91 Å². The molecule has 2 unspecified atom stereocenters. The zero-order valence-electron chi connectivity index (χ0n) is 17.6. The average Bonchev–Trinajstić information content (AvgIpc) is 3.26. The molecule has 2 atom stereocenters. The van der Waals surface area contributed by atoms with Gasteiger partial charge in [0.2, 0.25) is 0 Å². The van der Waals surface area contributed by atoms with Gasteiger partial charge in [-0.15, -0.1) is 0 Å². The molecular formula is C24H28BrN3O2. The lowest BCUT2D eigenvalue weighted by Gasteiger charge is -2.18. The molecule has 0 radical (unpaired) electrons. The van der Waals surface area contributed by atoms with Crippen LogP contribution in [0.4, 0.5) is 0 Å². The molecule has 1 heterocycles. The van der Waals surface area contributed by atoms with Crippen LogP contribution in [-0.4, -0.2) is 15.7 Å². The molecule has 0 bridgehead atoms. The highest BCUT2D eigenvalue weighted by Crippen LogP contribution is 2.23. The third-order valence-electron chi connectivity index (χ3n) is 5.28. The summed E-state index contributed by atoms with van der Waals surface area (Å²) < 4.78 is 8.30. The van der Waals surface area contributed by atoms with Crippen LogP contribution >= 0.6 is 15.9 Å². The van der Waals surface area contributed by atoms with Gasteiger partial charge in [0.05, 0.1) is 6.04 Å². The highest BCUT2D eigenvalue weighted by molar-refractivity contribution is 9.10. The summed E-state index contributed by atoms with van der Waals surface area (Å²) in [6, 6.07) is 17.8. The van der Waals surface area contributed by atoms with Crippen molar-refractivity contribution < 1.29 is 9.53 Å². The van der Waals surface area contributed by atoms with Crippen LogP contribution < -0.4 is 10.1 Å². The molecule has 3 rings (SSSR count). The van der Waals surface area contributed by atoms with E-state index in [1.165, 1.54) is 5.56 Å². The van der Waals surface area contributed by atoms with Crippen molar-refractivity contribution in [3.8, 4) is 5.75 Å². The Morgan fingerprint density at radius 3 is 2.33 bits per heavy atom. The summed E-state index contributed by atoms with van der Waals surface area (Å²) in [6.07, 6.45) is 3.67. The highest BCUT2D eigenvalue weighted by Gasteiger charge is 2.16. The monoisotopic (exact) mass is 469 g/mol. The lowest BCUT2D eigenvalue weighted by Crippen LogP contribution is -2.28. The molecule has 6 heteroatoms. The Bertz CT molecular complexity index is 951. The second-order valence-corrected chi connectivity index (χ2v) is 8.29. The maximum atomic E-state index is 12.7. The van der Waals surface area contributed by atoms with Crippen LogP contribution in [-0.2, 0) is 6.73 Å². The van der Waals surface area contributed by atoms with Crippen LogP contribution in [0.3, 0.4) is 0 Å². The number of carbonyl (C=O) groups excluding carboxylic acids is 1. The van der Waals surface area contributed by atoms with E-state index < -0.39 is 0 Å². The molecule has 0 saturated heterocycles. The van der Waals surface area contributed by atoms with E-state index >= 15 is 0 Å². The number of carbonyl (C=O) groups is 1. The van der Waals surface area contributed by atoms with Gasteiger partial charge in [-0.3, -0.25) is 4.79 Å². The smallest absolute Gasteiger partial charge is 0.272 e. The van der Waals surface area contributed by atoms with E-state index in [1.807, 2.05) is 24.3 Å². The minimum Gasteiger partial charge on any atom is -0.471 e. The number of hydrogen-bond donors (Lipinski definition) is 1. The fourth-order valence-corrected chi connectivity index (χ4v) is 3.44. The van der Waals surface area contributed by atoms with Crippen molar-refractivity contribution in [3.05, 3.63) is 82.1 Å². The Morgan fingerprint density at radius 1 is 1.03 bits per heavy atom. The van der Waals surface area contributed by atoms with E-state index in [2.05, 4.69) is 71.4 Å². The van der Waals surface area contributed by atoms with Crippen LogP contribution in [0, 0.1) is 0 Å². The minimum absolute atomic E-state index is 0.0485. The number of aromatic nitrogens is 2. The first kappa shape index (κ1) is 22.1. The summed E-state index contributed by atoms with van der Waals surface area (Å²) in [5.41, 5.74) is 2.81. The first-order chi connectivity index (χ1) is 14.5. The lowest BCUT2D eigenvalue weighted by atomic mass is 9.95. The molecule has 5 nitrogen and oxygen atoms in total. The molecule has 0 aliphatic rings. The second kappa shape index (κ2) is 10.4. The second-order valence-electron chi connectivity index (χ2n) is 7.38. The first-order valence-corrected chi connectivity index (χ1v) is 11.1. The summed E-state index contributed by atoms with van der Waals surface area (Å²) in [5, 5.41) is 7.44. The molecule has 1 N–H and O–H groups in total. The van der Waals surface area contributed by atoms with Crippen molar-refractivity contribution in [2.75, 3.05) is 0 Å². The summed E-state index contributed by atoms with van der Waals surface area (Å²) >= 11 is 3.40. The minimum atomic E-state index is -0.185. The van der Waals surface area contributed by atoms with Gasteiger partial charge in [-0.2, -0.15) is 5.10 Å². The van der Waals surface area contributed by atoms with Gasteiger partial charge in [0, 0.05) is 10.7 Å². The summed E-state index contributed by atoms with van der Waals surface area (Å²) in [4.78, 5) is 12.7. The maximum absolute atomic E-state index is 12.7. The van der Waals surface area contributed by atoms with E-state index in [0.29, 0.717) is 11.6 Å². The molecule has 2 aromatic carbocycles. The predicted octanol–water partition coefficient (Wildman–Crippen LogP) is 6.08. The number of nitrogens with zero attached hydrogens (tertiary/aromatic N) is 2.